The Morgan fingerprint density at radius 3 is 1.90 bits per heavy atom. The van der Waals surface area contributed by atoms with E-state index in [1.54, 1.807) is 6.07 Å². The van der Waals surface area contributed by atoms with Gasteiger partial charge in [-0.3, -0.25) is 0 Å². The number of unbranched alkanes of at least 4 members (excludes halogenated alkanes) is 7. The Morgan fingerprint density at radius 1 is 0.690 bits per heavy atom. The van der Waals surface area contributed by atoms with Crippen LogP contribution in [0.15, 0.2) is 18.2 Å². The monoisotopic (exact) mass is 600 g/mol. The average Bonchev–Trinajstić information content (AvgIpc) is 3.03. The molecule has 238 valence electrons. The Hall–Kier alpha value is -1.02. The molecule has 3 aliphatic rings. The summed E-state index contributed by atoms with van der Waals surface area (Å²) < 4.78 is 20.8. The van der Waals surface area contributed by atoms with Gasteiger partial charge in [-0.1, -0.05) is 141 Å². The molecule has 0 N–H and O–H groups in total. The molecular formula is C39H62ClFO. The summed E-state index contributed by atoms with van der Waals surface area (Å²) >= 11 is 6.54. The summed E-state index contributed by atoms with van der Waals surface area (Å²) in [6, 6.07) is 3.77. The summed E-state index contributed by atoms with van der Waals surface area (Å²) in [5.74, 6) is 4.61. The van der Waals surface area contributed by atoms with Crippen LogP contribution >= 0.6 is 11.6 Å². The van der Waals surface area contributed by atoms with Crippen LogP contribution in [0.5, 0.6) is 5.75 Å². The molecule has 3 aliphatic carbocycles. The molecule has 4 rings (SSSR count). The minimum atomic E-state index is -0.389. The molecule has 2 fully saturated rings. The maximum atomic E-state index is 15.0. The molecule has 0 spiro atoms. The second kappa shape index (κ2) is 18.7. The van der Waals surface area contributed by atoms with Gasteiger partial charge < -0.3 is 4.74 Å². The standard InChI is InChI=1S/C39H62ClFO/c1-3-5-7-9-11-29-42-37-28-27-36(38(40)39(37)41)35-25-23-34(24-26-35)33-21-19-32(20-22-33)18-17-31-15-13-30(14-16-31)12-10-8-6-4-2/h25,27-28,30-34H,3-24,26,29H2,1-2H3. The lowest BCUT2D eigenvalue weighted by Crippen LogP contribution is -2.24. The number of halogens is 2. The Bertz CT molecular complexity index is 925. The van der Waals surface area contributed by atoms with Crippen LogP contribution in [0, 0.1) is 35.4 Å². The Morgan fingerprint density at radius 2 is 1.29 bits per heavy atom. The molecule has 0 amide bonds. The van der Waals surface area contributed by atoms with E-state index in [0.29, 0.717) is 12.4 Å². The SMILES string of the molecule is CCCCCCCOc1ccc(C2=CCC(C3CCC(CCC4CCC(CCCCCC)CC4)CC3)CC2)c(Cl)c1F. The first-order valence-corrected chi connectivity index (χ1v) is 18.8. The van der Waals surface area contributed by atoms with Crippen molar-refractivity contribution < 1.29 is 9.13 Å². The van der Waals surface area contributed by atoms with Gasteiger partial charge in [0.15, 0.2) is 11.6 Å². The van der Waals surface area contributed by atoms with Crippen LogP contribution in [-0.2, 0) is 0 Å². The van der Waals surface area contributed by atoms with Crippen molar-refractivity contribution in [3.05, 3.63) is 34.6 Å². The van der Waals surface area contributed by atoms with Gasteiger partial charge in [0.05, 0.1) is 11.6 Å². The summed E-state index contributed by atoms with van der Waals surface area (Å²) in [6.07, 6.45) is 33.5. The molecule has 1 nitrogen and oxygen atoms in total. The van der Waals surface area contributed by atoms with E-state index in [4.69, 9.17) is 16.3 Å². The van der Waals surface area contributed by atoms with E-state index in [9.17, 15) is 0 Å². The van der Waals surface area contributed by atoms with E-state index in [1.807, 2.05) is 6.07 Å². The van der Waals surface area contributed by atoms with Gasteiger partial charge in [-0.25, -0.2) is 4.39 Å². The fraction of sp³-hybridized carbons (Fsp3) is 0.795. The van der Waals surface area contributed by atoms with E-state index >= 15 is 4.39 Å². The van der Waals surface area contributed by atoms with E-state index in [1.165, 1.54) is 128 Å². The number of hydrogen-bond acceptors (Lipinski definition) is 1. The molecule has 3 heteroatoms. The van der Waals surface area contributed by atoms with Gasteiger partial charge in [-0.05, 0) is 91.4 Å². The highest BCUT2D eigenvalue weighted by atomic mass is 35.5. The predicted octanol–water partition coefficient (Wildman–Crippen LogP) is 13.4. The second-order valence-corrected chi connectivity index (χ2v) is 14.7. The maximum absolute atomic E-state index is 15.0. The highest BCUT2D eigenvalue weighted by Gasteiger charge is 2.30. The van der Waals surface area contributed by atoms with Crippen molar-refractivity contribution in [2.24, 2.45) is 29.6 Å². The average molecular weight is 601 g/mol. The zero-order valence-electron chi connectivity index (χ0n) is 27.3. The van der Waals surface area contributed by atoms with Gasteiger partial charge in [0, 0.05) is 0 Å². The van der Waals surface area contributed by atoms with Crippen LogP contribution in [0.3, 0.4) is 0 Å². The highest BCUT2D eigenvalue weighted by molar-refractivity contribution is 6.32. The minimum Gasteiger partial charge on any atom is -0.490 e. The third-order valence-electron chi connectivity index (χ3n) is 11.3. The lowest BCUT2D eigenvalue weighted by molar-refractivity contribution is 0.175. The zero-order chi connectivity index (χ0) is 29.6. The van der Waals surface area contributed by atoms with Crippen molar-refractivity contribution >= 4 is 17.2 Å². The van der Waals surface area contributed by atoms with Gasteiger partial charge >= 0.3 is 0 Å². The molecule has 0 saturated heterocycles. The summed E-state index contributed by atoms with van der Waals surface area (Å²) in [5.41, 5.74) is 2.10. The van der Waals surface area contributed by atoms with Crippen molar-refractivity contribution in [1.29, 1.82) is 0 Å². The molecule has 1 aromatic rings. The third kappa shape index (κ3) is 10.6. The van der Waals surface area contributed by atoms with Crippen LogP contribution in [0.25, 0.3) is 5.57 Å². The molecule has 1 aromatic carbocycles. The smallest absolute Gasteiger partial charge is 0.184 e. The van der Waals surface area contributed by atoms with Gasteiger partial charge in [-0.15, -0.1) is 0 Å². The Labute approximate surface area is 263 Å². The predicted molar refractivity (Wildman–Crippen MR) is 180 cm³/mol. The molecule has 42 heavy (non-hydrogen) atoms. The summed E-state index contributed by atoms with van der Waals surface area (Å²) in [5, 5.41) is 0.240. The quantitative estimate of drug-likeness (QED) is 0.162. The van der Waals surface area contributed by atoms with Crippen LogP contribution in [-0.4, -0.2) is 6.61 Å². The molecule has 0 aliphatic heterocycles. The molecule has 1 atom stereocenters. The van der Waals surface area contributed by atoms with Crippen LogP contribution < -0.4 is 4.74 Å². The van der Waals surface area contributed by atoms with E-state index in [-0.39, 0.29) is 10.8 Å². The number of allylic oxidation sites excluding steroid dienone is 2. The van der Waals surface area contributed by atoms with Crippen LogP contribution in [0.2, 0.25) is 5.02 Å². The molecule has 1 unspecified atom stereocenters. The first kappa shape index (κ1) is 33.9. The van der Waals surface area contributed by atoms with Gasteiger partial charge in [0.25, 0.3) is 0 Å². The lowest BCUT2D eigenvalue weighted by atomic mass is 9.69. The fourth-order valence-electron chi connectivity index (χ4n) is 8.39. The largest absolute Gasteiger partial charge is 0.490 e. The first-order chi connectivity index (χ1) is 20.6. The van der Waals surface area contributed by atoms with Gasteiger partial charge in [-0.2, -0.15) is 0 Å². The van der Waals surface area contributed by atoms with Gasteiger partial charge in [0.1, 0.15) is 0 Å². The van der Waals surface area contributed by atoms with Crippen LogP contribution in [0.1, 0.15) is 167 Å². The van der Waals surface area contributed by atoms with Crippen molar-refractivity contribution in [2.45, 2.75) is 162 Å². The molecule has 0 aromatic heterocycles. The Balaban J connectivity index is 1.13. The van der Waals surface area contributed by atoms with Crippen molar-refractivity contribution in [3.8, 4) is 5.75 Å². The molecular weight excluding hydrogens is 539 g/mol. The van der Waals surface area contributed by atoms with Crippen molar-refractivity contribution in [3.63, 3.8) is 0 Å². The highest BCUT2D eigenvalue weighted by Crippen LogP contribution is 2.44. The van der Waals surface area contributed by atoms with Crippen molar-refractivity contribution in [2.75, 3.05) is 6.61 Å². The molecule has 0 radical (unpaired) electrons. The maximum Gasteiger partial charge on any atom is 0.184 e. The number of hydrogen-bond donors (Lipinski definition) is 0. The number of rotatable bonds is 17. The Kier molecular flexibility index (Phi) is 15.1. The summed E-state index contributed by atoms with van der Waals surface area (Å²) in [7, 11) is 0. The topological polar surface area (TPSA) is 9.23 Å². The number of ether oxygens (including phenoxy) is 1. The van der Waals surface area contributed by atoms with E-state index in [2.05, 4.69) is 19.9 Å². The second-order valence-electron chi connectivity index (χ2n) is 14.4. The van der Waals surface area contributed by atoms with E-state index < -0.39 is 0 Å². The fourth-order valence-corrected chi connectivity index (χ4v) is 8.67. The summed E-state index contributed by atoms with van der Waals surface area (Å²) in [4.78, 5) is 0. The summed E-state index contributed by atoms with van der Waals surface area (Å²) in [6.45, 7) is 5.09. The van der Waals surface area contributed by atoms with E-state index in [0.717, 1.165) is 60.8 Å². The van der Waals surface area contributed by atoms with Gasteiger partial charge in [0.2, 0.25) is 0 Å². The first-order valence-electron chi connectivity index (χ1n) is 18.4. The van der Waals surface area contributed by atoms with Crippen molar-refractivity contribution in [1.82, 2.24) is 0 Å². The van der Waals surface area contributed by atoms with Crippen LogP contribution in [0.4, 0.5) is 4.39 Å². The zero-order valence-corrected chi connectivity index (χ0v) is 28.0. The molecule has 0 heterocycles. The molecule has 0 bridgehead atoms. The normalized spacial score (nSPS) is 26.7. The third-order valence-corrected chi connectivity index (χ3v) is 11.7. The lowest BCUT2D eigenvalue weighted by Gasteiger charge is -2.36. The minimum absolute atomic E-state index is 0.240. The number of benzene rings is 1. The molecule has 2 saturated carbocycles.